The van der Waals surface area contributed by atoms with Crippen LogP contribution >= 0.6 is 0 Å². The fourth-order valence-corrected chi connectivity index (χ4v) is 3.20. The maximum atomic E-state index is 11.7. The predicted octanol–water partition coefficient (Wildman–Crippen LogP) is 3.54. The van der Waals surface area contributed by atoms with Gasteiger partial charge in [-0.3, -0.25) is 9.59 Å². The summed E-state index contributed by atoms with van der Waals surface area (Å²) < 4.78 is 29.0. The molecule has 0 aromatic carbocycles. The van der Waals surface area contributed by atoms with Gasteiger partial charge < -0.3 is 23.7 Å². The standard InChI is InChI=1S/C21H36O7/c1-6-9-12-21(15-24-13-10-7-2)19(25-14-11-8-3)18(26-16(4)22)20(28-21)27-17(5)23/h6,18-20H,1,7-15H2,2-5H3/t18-,19?,20?,21+/m0/s1. The molecule has 0 aromatic rings. The highest BCUT2D eigenvalue weighted by Gasteiger charge is 2.59. The third-order valence-corrected chi connectivity index (χ3v) is 4.58. The number of esters is 2. The van der Waals surface area contributed by atoms with Gasteiger partial charge in [-0.2, -0.15) is 0 Å². The first-order chi connectivity index (χ1) is 13.4. The molecule has 0 bridgehead atoms. The van der Waals surface area contributed by atoms with E-state index in [1.165, 1.54) is 13.8 Å². The topological polar surface area (TPSA) is 80.3 Å². The van der Waals surface area contributed by atoms with Gasteiger partial charge in [-0.15, -0.1) is 6.58 Å². The molecule has 1 saturated heterocycles. The van der Waals surface area contributed by atoms with E-state index in [1.54, 1.807) is 6.08 Å². The predicted molar refractivity (Wildman–Crippen MR) is 105 cm³/mol. The highest BCUT2D eigenvalue weighted by molar-refractivity contribution is 5.67. The van der Waals surface area contributed by atoms with E-state index in [9.17, 15) is 9.59 Å². The van der Waals surface area contributed by atoms with Crippen molar-refractivity contribution in [2.45, 2.75) is 90.3 Å². The second kappa shape index (κ2) is 12.9. The van der Waals surface area contributed by atoms with Crippen LogP contribution in [0.1, 0.15) is 66.2 Å². The average molecular weight is 401 g/mol. The van der Waals surface area contributed by atoms with Crippen molar-refractivity contribution in [3.05, 3.63) is 12.7 Å². The number of ether oxygens (including phenoxy) is 5. The number of carbonyl (C=O) groups is 2. The van der Waals surface area contributed by atoms with Crippen LogP contribution < -0.4 is 0 Å². The van der Waals surface area contributed by atoms with Crippen LogP contribution in [0.3, 0.4) is 0 Å². The lowest BCUT2D eigenvalue weighted by Crippen LogP contribution is -2.49. The maximum Gasteiger partial charge on any atom is 0.305 e. The molecule has 0 aliphatic carbocycles. The van der Waals surface area contributed by atoms with Gasteiger partial charge >= 0.3 is 11.9 Å². The third kappa shape index (κ3) is 7.53. The summed E-state index contributed by atoms with van der Waals surface area (Å²) in [7, 11) is 0. The second-order valence-electron chi connectivity index (χ2n) is 7.11. The minimum absolute atomic E-state index is 0.257. The van der Waals surface area contributed by atoms with Crippen LogP contribution in [0.25, 0.3) is 0 Å². The zero-order valence-electron chi connectivity index (χ0n) is 17.7. The molecule has 0 saturated carbocycles. The Kier molecular flexibility index (Phi) is 11.3. The lowest BCUT2D eigenvalue weighted by atomic mass is 9.90. The number of hydrogen-bond donors (Lipinski definition) is 0. The van der Waals surface area contributed by atoms with E-state index < -0.39 is 36.0 Å². The van der Waals surface area contributed by atoms with Crippen LogP contribution in [0.4, 0.5) is 0 Å². The Morgan fingerprint density at radius 3 is 2.29 bits per heavy atom. The first-order valence-electron chi connectivity index (χ1n) is 10.2. The molecule has 7 nitrogen and oxygen atoms in total. The van der Waals surface area contributed by atoms with Crippen LogP contribution in [0.15, 0.2) is 12.7 Å². The molecule has 1 aliphatic rings. The summed E-state index contributed by atoms with van der Waals surface area (Å²) >= 11 is 0. The van der Waals surface area contributed by atoms with Crippen LogP contribution in [0.5, 0.6) is 0 Å². The van der Waals surface area contributed by atoms with Gasteiger partial charge in [-0.05, 0) is 25.7 Å². The minimum atomic E-state index is -1.03. The van der Waals surface area contributed by atoms with Gasteiger partial charge in [0.1, 0.15) is 11.7 Å². The summed E-state index contributed by atoms with van der Waals surface area (Å²) in [4.78, 5) is 23.3. The van der Waals surface area contributed by atoms with E-state index in [-0.39, 0.29) is 6.61 Å². The van der Waals surface area contributed by atoms with Crippen molar-refractivity contribution >= 4 is 11.9 Å². The Hall–Kier alpha value is -1.44. The summed E-state index contributed by atoms with van der Waals surface area (Å²) in [5.41, 5.74) is -0.893. The Morgan fingerprint density at radius 1 is 1.07 bits per heavy atom. The second-order valence-corrected chi connectivity index (χ2v) is 7.11. The van der Waals surface area contributed by atoms with Crippen molar-refractivity contribution in [1.29, 1.82) is 0 Å². The van der Waals surface area contributed by atoms with E-state index in [0.717, 1.165) is 25.7 Å². The molecule has 1 heterocycles. The fourth-order valence-electron chi connectivity index (χ4n) is 3.20. The minimum Gasteiger partial charge on any atom is -0.453 e. The Morgan fingerprint density at radius 2 is 1.71 bits per heavy atom. The summed E-state index contributed by atoms with van der Waals surface area (Å²) in [6.45, 7) is 11.9. The SMILES string of the molecule is C=CCC[C@]1(COCCCC)OC(OC(C)=O)[C@@H](OC(C)=O)C1OCCCC. The molecule has 2 unspecified atom stereocenters. The molecule has 4 atom stereocenters. The molecular formula is C21H36O7. The van der Waals surface area contributed by atoms with Gasteiger partial charge in [0.2, 0.25) is 6.29 Å². The molecule has 0 spiro atoms. The largest absolute Gasteiger partial charge is 0.453 e. The van der Waals surface area contributed by atoms with E-state index >= 15 is 0 Å². The molecule has 162 valence electrons. The Labute approximate surface area is 168 Å². The lowest BCUT2D eigenvalue weighted by Gasteiger charge is -2.34. The smallest absolute Gasteiger partial charge is 0.305 e. The normalized spacial score (nSPS) is 26.8. The van der Waals surface area contributed by atoms with Crippen LogP contribution in [-0.4, -0.2) is 55.9 Å². The van der Waals surface area contributed by atoms with Gasteiger partial charge in [0.15, 0.2) is 6.10 Å². The van der Waals surface area contributed by atoms with Gasteiger partial charge in [0.25, 0.3) is 0 Å². The van der Waals surface area contributed by atoms with Crippen LogP contribution in [0, 0.1) is 0 Å². The summed E-state index contributed by atoms with van der Waals surface area (Å²) in [6, 6.07) is 0. The zero-order valence-corrected chi connectivity index (χ0v) is 17.7. The molecule has 1 rings (SSSR count). The quantitative estimate of drug-likeness (QED) is 0.251. The molecule has 0 amide bonds. The zero-order chi connectivity index (χ0) is 21.0. The summed E-state index contributed by atoms with van der Waals surface area (Å²) in [6.07, 6.45) is 4.28. The molecular weight excluding hydrogens is 364 g/mol. The number of carbonyl (C=O) groups excluding carboxylic acids is 2. The molecule has 1 fully saturated rings. The molecule has 1 aliphatic heterocycles. The molecule has 0 aromatic heterocycles. The van der Waals surface area contributed by atoms with Gasteiger partial charge in [0.05, 0.1) is 6.61 Å². The van der Waals surface area contributed by atoms with Crippen molar-refractivity contribution in [2.24, 2.45) is 0 Å². The van der Waals surface area contributed by atoms with Crippen LogP contribution in [0.2, 0.25) is 0 Å². The molecule has 28 heavy (non-hydrogen) atoms. The molecule has 0 radical (unpaired) electrons. The fraction of sp³-hybridized carbons (Fsp3) is 0.810. The number of unbranched alkanes of at least 4 members (excludes halogenated alkanes) is 2. The lowest BCUT2D eigenvalue weighted by molar-refractivity contribution is -0.212. The monoisotopic (exact) mass is 400 g/mol. The summed E-state index contributed by atoms with van der Waals surface area (Å²) in [5, 5.41) is 0. The van der Waals surface area contributed by atoms with Gasteiger partial charge in [0, 0.05) is 27.1 Å². The van der Waals surface area contributed by atoms with Crippen molar-refractivity contribution < 1.29 is 33.3 Å². The van der Waals surface area contributed by atoms with Crippen molar-refractivity contribution in [2.75, 3.05) is 19.8 Å². The van der Waals surface area contributed by atoms with Crippen molar-refractivity contribution in [3.63, 3.8) is 0 Å². The van der Waals surface area contributed by atoms with Crippen LogP contribution in [-0.2, 0) is 33.3 Å². The average Bonchev–Trinajstić information content (AvgIpc) is 2.89. The van der Waals surface area contributed by atoms with Crippen molar-refractivity contribution in [3.8, 4) is 0 Å². The first kappa shape index (κ1) is 24.6. The van der Waals surface area contributed by atoms with E-state index in [4.69, 9.17) is 23.7 Å². The van der Waals surface area contributed by atoms with E-state index in [0.29, 0.717) is 26.1 Å². The Balaban J connectivity index is 3.15. The Bertz CT molecular complexity index is 493. The highest BCUT2D eigenvalue weighted by Crippen LogP contribution is 2.40. The molecule has 0 N–H and O–H groups in total. The van der Waals surface area contributed by atoms with Gasteiger partial charge in [-0.25, -0.2) is 0 Å². The third-order valence-electron chi connectivity index (χ3n) is 4.58. The first-order valence-corrected chi connectivity index (χ1v) is 10.2. The van der Waals surface area contributed by atoms with E-state index in [1.807, 2.05) is 0 Å². The van der Waals surface area contributed by atoms with Gasteiger partial charge in [-0.1, -0.05) is 32.8 Å². The number of rotatable bonds is 14. The summed E-state index contributed by atoms with van der Waals surface area (Å²) in [5.74, 6) is -0.998. The number of allylic oxidation sites excluding steroid dienone is 1. The molecule has 7 heteroatoms. The maximum absolute atomic E-state index is 11.7. The van der Waals surface area contributed by atoms with E-state index in [2.05, 4.69) is 20.4 Å². The highest BCUT2D eigenvalue weighted by atomic mass is 16.8. The number of hydrogen-bond acceptors (Lipinski definition) is 7. The van der Waals surface area contributed by atoms with Crippen molar-refractivity contribution in [1.82, 2.24) is 0 Å².